The number of carbonyl (C=O) groups is 1. The number of hydrogen-bond donors (Lipinski definition) is 0. The number of unbranched alkanes of at least 4 members (excludes halogenated alkanes) is 1. The summed E-state index contributed by atoms with van der Waals surface area (Å²) in [6.07, 6.45) is 3.58. The van der Waals surface area contributed by atoms with Crippen molar-refractivity contribution in [3.05, 3.63) is 89.2 Å². The van der Waals surface area contributed by atoms with Gasteiger partial charge in [0.2, 0.25) is 5.91 Å². The van der Waals surface area contributed by atoms with Crippen molar-refractivity contribution in [3.8, 4) is 5.75 Å². The van der Waals surface area contributed by atoms with Crippen molar-refractivity contribution in [1.82, 2.24) is 9.55 Å². The van der Waals surface area contributed by atoms with Gasteiger partial charge in [0, 0.05) is 31.1 Å². The maximum atomic E-state index is 13.1. The van der Waals surface area contributed by atoms with Gasteiger partial charge in [-0.2, -0.15) is 0 Å². The molecule has 0 N–H and O–H groups in total. The van der Waals surface area contributed by atoms with Crippen LogP contribution in [0.25, 0.3) is 11.0 Å². The van der Waals surface area contributed by atoms with Crippen LogP contribution in [0.5, 0.6) is 5.75 Å². The average Bonchev–Trinajstić information content (AvgIpc) is 3.49. The van der Waals surface area contributed by atoms with Crippen molar-refractivity contribution in [2.24, 2.45) is 0 Å². The van der Waals surface area contributed by atoms with E-state index in [9.17, 15) is 4.79 Å². The molecule has 0 radical (unpaired) electrons. The molecule has 1 amide bonds. The molecule has 1 saturated heterocycles. The minimum absolute atomic E-state index is 0.0795. The van der Waals surface area contributed by atoms with E-state index in [0.717, 1.165) is 59.7 Å². The van der Waals surface area contributed by atoms with E-state index in [1.807, 2.05) is 11.0 Å². The number of benzene rings is 3. The summed E-state index contributed by atoms with van der Waals surface area (Å²) >= 11 is 0. The number of ether oxygens (including phenoxy) is 1. The molecule has 2 heterocycles. The second-order valence-corrected chi connectivity index (χ2v) is 10.7. The van der Waals surface area contributed by atoms with E-state index in [1.54, 1.807) is 0 Å². The summed E-state index contributed by atoms with van der Waals surface area (Å²) in [6, 6.07) is 23.1. The third-order valence-corrected chi connectivity index (χ3v) is 7.92. The van der Waals surface area contributed by atoms with Gasteiger partial charge < -0.3 is 14.2 Å². The fourth-order valence-corrected chi connectivity index (χ4v) is 5.55. The van der Waals surface area contributed by atoms with Crippen LogP contribution in [0.3, 0.4) is 0 Å². The van der Waals surface area contributed by atoms with Crippen molar-refractivity contribution >= 4 is 22.6 Å². The van der Waals surface area contributed by atoms with E-state index in [0.29, 0.717) is 25.5 Å². The van der Waals surface area contributed by atoms with Gasteiger partial charge in [-0.05, 0) is 80.5 Å². The Morgan fingerprint density at radius 3 is 2.58 bits per heavy atom. The number of carbonyl (C=O) groups excluding carboxylic acids is 1. The van der Waals surface area contributed by atoms with E-state index in [4.69, 9.17) is 9.72 Å². The summed E-state index contributed by atoms with van der Waals surface area (Å²) in [5.41, 5.74) is 6.87. The number of fused-ring (bicyclic) bond motifs is 1. The normalized spacial score (nSPS) is 16.4. The van der Waals surface area contributed by atoms with Crippen LogP contribution in [0.15, 0.2) is 66.7 Å². The molecule has 4 aromatic rings. The van der Waals surface area contributed by atoms with Crippen LogP contribution in [0.1, 0.15) is 73.9 Å². The lowest BCUT2D eigenvalue weighted by Gasteiger charge is -2.20. The average molecular weight is 510 g/mol. The Balaban J connectivity index is 1.25. The van der Waals surface area contributed by atoms with Gasteiger partial charge in [-0.15, -0.1) is 0 Å². The molecule has 1 aromatic heterocycles. The molecule has 1 aliphatic heterocycles. The summed E-state index contributed by atoms with van der Waals surface area (Å²) in [5, 5.41) is 0. The van der Waals surface area contributed by atoms with Crippen molar-refractivity contribution < 1.29 is 9.53 Å². The standard InChI is InChI=1S/C33H39N3O2/c1-5-24(3)26-13-15-28(16-14-26)38-19-9-8-18-35-31-11-7-6-10-29(31)34-33(35)27-21-32(37)36(22-27)30-17-12-23(2)20-25(30)4/h6-7,10-17,20,24,27H,5,8-9,18-19,21-22H2,1-4H3. The Morgan fingerprint density at radius 2 is 1.82 bits per heavy atom. The highest BCUT2D eigenvalue weighted by molar-refractivity contribution is 5.97. The van der Waals surface area contributed by atoms with E-state index in [1.165, 1.54) is 11.1 Å². The summed E-state index contributed by atoms with van der Waals surface area (Å²) in [5.74, 6) is 2.78. The third-order valence-electron chi connectivity index (χ3n) is 7.92. The van der Waals surface area contributed by atoms with Crippen molar-refractivity contribution in [2.45, 2.75) is 71.8 Å². The van der Waals surface area contributed by atoms with Crippen LogP contribution in [0.4, 0.5) is 5.69 Å². The molecule has 198 valence electrons. The fourth-order valence-electron chi connectivity index (χ4n) is 5.55. The van der Waals surface area contributed by atoms with Crippen LogP contribution in [-0.4, -0.2) is 28.6 Å². The smallest absolute Gasteiger partial charge is 0.227 e. The number of nitrogens with zero attached hydrogens (tertiary/aromatic N) is 3. The quantitative estimate of drug-likeness (QED) is 0.207. The number of aromatic nitrogens is 2. The zero-order valence-electron chi connectivity index (χ0n) is 23.1. The molecule has 2 atom stereocenters. The van der Waals surface area contributed by atoms with E-state index >= 15 is 0 Å². The molecule has 0 saturated carbocycles. The number of rotatable bonds is 10. The molecule has 1 aliphatic rings. The maximum Gasteiger partial charge on any atom is 0.227 e. The molecule has 0 bridgehead atoms. The van der Waals surface area contributed by atoms with E-state index in [-0.39, 0.29) is 11.8 Å². The minimum atomic E-state index is 0.0795. The lowest BCUT2D eigenvalue weighted by atomic mass is 9.99. The van der Waals surface area contributed by atoms with Gasteiger partial charge in [0.25, 0.3) is 0 Å². The molecule has 2 unspecified atom stereocenters. The van der Waals surface area contributed by atoms with Crippen molar-refractivity contribution in [3.63, 3.8) is 0 Å². The van der Waals surface area contributed by atoms with E-state index < -0.39 is 0 Å². The lowest BCUT2D eigenvalue weighted by molar-refractivity contribution is -0.117. The highest BCUT2D eigenvalue weighted by atomic mass is 16.5. The second-order valence-electron chi connectivity index (χ2n) is 10.7. The van der Waals surface area contributed by atoms with Gasteiger partial charge in [-0.1, -0.05) is 55.8 Å². The second kappa shape index (κ2) is 11.4. The zero-order valence-corrected chi connectivity index (χ0v) is 23.1. The Morgan fingerprint density at radius 1 is 1.03 bits per heavy atom. The molecule has 5 nitrogen and oxygen atoms in total. The number of hydrogen-bond acceptors (Lipinski definition) is 3. The highest BCUT2D eigenvalue weighted by Gasteiger charge is 2.35. The first-order valence-corrected chi connectivity index (χ1v) is 14.0. The summed E-state index contributed by atoms with van der Waals surface area (Å²) in [7, 11) is 0. The first kappa shape index (κ1) is 26.0. The largest absolute Gasteiger partial charge is 0.494 e. The Labute approximate surface area is 226 Å². The summed E-state index contributed by atoms with van der Waals surface area (Å²) in [6.45, 7) is 10.9. The number of amides is 1. The van der Waals surface area contributed by atoms with Crippen molar-refractivity contribution in [1.29, 1.82) is 0 Å². The molecule has 38 heavy (non-hydrogen) atoms. The predicted octanol–water partition coefficient (Wildman–Crippen LogP) is 7.55. The van der Waals surface area contributed by atoms with Gasteiger partial charge >= 0.3 is 0 Å². The molecule has 0 spiro atoms. The van der Waals surface area contributed by atoms with Gasteiger partial charge in [-0.3, -0.25) is 4.79 Å². The van der Waals surface area contributed by atoms with Gasteiger partial charge in [0.1, 0.15) is 11.6 Å². The minimum Gasteiger partial charge on any atom is -0.494 e. The van der Waals surface area contributed by atoms with Crippen LogP contribution >= 0.6 is 0 Å². The Bertz CT molecular complexity index is 1410. The van der Waals surface area contributed by atoms with Gasteiger partial charge in [0.05, 0.1) is 17.6 Å². The third kappa shape index (κ3) is 5.47. The molecular weight excluding hydrogens is 470 g/mol. The molecule has 5 rings (SSSR count). The lowest BCUT2D eigenvalue weighted by Crippen LogP contribution is -2.25. The molecule has 1 fully saturated rings. The number of anilines is 1. The summed E-state index contributed by atoms with van der Waals surface area (Å²) < 4.78 is 8.36. The fraction of sp³-hybridized carbons (Fsp3) is 0.394. The SMILES string of the molecule is CCC(C)c1ccc(OCCCCn2c(C3CC(=O)N(c4ccc(C)cc4C)C3)nc3ccccc32)cc1. The molecular formula is C33H39N3O2. The summed E-state index contributed by atoms with van der Waals surface area (Å²) in [4.78, 5) is 20.1. The monoisotopic (exact) mass is 509 g/mol. The first-order valence-electron chi connectivity index (χ1n) is 14.0. The maximum absolute atomic E-state index is 13.1. The Kier molecular flexibility index (Phi) is 7.82. The first-order chi connectivity index (χ1) is 18.4. The van der Waals surface area contributed by atoms with Crippen LogP contribution in [0, 0.1) is 13.8 Å². The highest BCUT2D eigenvalue weighted by Crippen LogP contribution is 2.35. The van der Waals surface area contributed by atoms with Crippen molar-refractivity contribution in [2.75, 3.05) is 18.1 Å². The van der Waals surface area contributed by atoms with Crippen LogP contribution in [0.2, 0.25) is 0 Å². The van der Waals surface area contributed by atoms with Gasteiger partial charge in [0.15, 0.2) is 0 Å². The zero-order chi connectivity index (χ0) is 26.6. The Hall–Kier alpha value is -3.60. The predicted molar refractivity (Wildman–Crippen MR) is 155 cm³/mol. The van der Waals surface area contributed by atoms with Gasteiger partial charge in [-0.25, -0.2) is 4.98 Å². The molecule has 3 aromatic carbocycles. The topological polar surface area (TPSA) is 47.4 Å². The molecule has 0 aliphatic carbocycles. The molecule has 5 heteroatoms. The van der Waals surface area contributed by atoms with Crippen LogP contribution in [-0.2, 0) is 11.3 Å². The van der Waals surface area contributed by atoms with Crippen LogP contribution < -0.4 is 9.64 Å². The number of aryl methyl sites for hydroxylation is 3. The van der Waals surface area contributed by atoms with E-state index in [2.05, 4.69) is 92.9 Å². The number of imidazole rings is 1. The number of para-hydroxylation sites is 2.